The first-order chi connectivity index (χ1) is 13.6. The van der Waals surface area contributed by atoms with Crippen LogP contribution in [0, 0.1) is 0 Å². The molecule has 7 nitrogen and oxygen atoms in total. The molecule has 144 valence electrons. The molecule has 4 heterocycles. The zero-order valence-corrected chi connectivity index (χ0v) is 15.7. The number of benzene rings is 1. The molecule has 2 aliphatic heterocycles. The van der Waals surface area contributed by atoms with Gasteiger partial charge >= 0.3 is 0 Å². The molecule has 28 heavy (non-hydrogen) atoms. The molecule has 1 atom stereocenters. The molecule has 1 aromatic carbocycles. The van der Waals surface area contributed by atoms with E-state index in [0.717, 1.165) is 11.1 Å². The van der Waals surface area contributed by atoms with Gasteiger partial charge in [-0.1, -0.05) is 29.8 Å². The number of rotatable bonds is 2. The van der Waals surface area contributed by atoms with E-state index in [9.17, 15) is 9.90 Å². The van der Waals surface area contributed by atoms with Crippen LogP contribution < -0.4 is 10.6 Å². The molecule has 4 N–H and O–H groups in total. The SMILES string of the molecule is O=C1Nc2cnc3[nH]cc(C(O)c4ccccc4Cl)c3c2NC12CCOCC2. The number of amides is 1. The van der Waals surface area contributed by atoms with Crippen molar-refractivity contribution in [3.8, 4) is 0 Å². The van der Waals surface area contributed by atoms with Crippen LogP contribution in [0.5, 0.6) is 0 Å². The number of aromatic amines is 1. The van der Waals surface area contributed by atoms with Crippen molar-refractivity contribution in [1.82, 2.24) is 9.97 Å². The third-order valence-corrected chi connectivity index (χ3v) is 5.96. The van der Waals surface area contributed by atoms with Gasteiger partial charge < -0.3 is 25.5 Å². The Morgan fingerprint density at radius 1 is 1.21 bits per heavy atom. The van der Waals surface area contributed by atoms with Gasteiger partial charge in [-0.05, 0) is 6.07 Å². The Balaban J connectivity index is 1.65. The first kappa shape index (κ1) is 17.5. The zero-order valence-electron chi connectivity index (χ0n) is 15.0. The molecule has 0 aliphatic carbocycles. The number of fused-ring (bicyclic) bond motifs is 3. The van der Waals surface area contributed by atoms with Gasteiger partial charge in [0.15, 0.2) is 0 Å². The fourth-order valence-electron chi connectivity index (χ4n) is 4.03. The van der Waals surface area contributed by atoms with E-state index in [1.54, 1.807) is 24.5 Å². The van der Waals surface area contributed by atoms with Crippen molar-refractivity contribution in [1.29, 1.82) is 0 Å². The largest absolute Gasteiger partial charge is 0.384 e. The number of ether oxygens (including phenoxy) is 1. The lowest BCUT2D eigenvalue weighted by atomic mass is 9.86. The van der Waals surface area contributed by atoms with Crippen LogP contribution in [0.4, 0.5) is 11.4 Å². The standard InChI is InChI=1S/C20H19ClN4O3/c21-13-4-2-1-3-11(13)17(26)12-9-22-18-15(12)16-14(10-23-18)24-19(27)20(25-16)5-7-28-8-6-20/h1-4,9-10,17,25-26H,5-8H2,(H,22,23)(H,24,27). The number of carbonyl (C=O) groups excluding carboxylic acids is 1. The van der Waals surface area contributed by atoms with Gasteiger partial charge in [0.25, 0.3) is 0 Å². The summed E-state index contributed by atoms with van der Waals surface area (Å²) in [6.45, 7) is 1.04. The summed E-state index contributed by atoms with van der Waals surface area (Å²) in [5.74, 6) is -0.0758. The lowest BCUT2D eigenvalue weighted by Crippen LogP contribution is -2.55. The normalized spacial score (nSPS) is 19.1. The minimum Gasteiger partial charge on any atom is -0.384 e. The fraction of sp³-hybridized carbons (Fsp3) is 0.300. The maximum absolute atomic E-state index is 12.8. The van der Waals surface area contributed by atoms with E-state index in [-0.39, 0.29) is 5.91 Å². The lowest BCUT2D eigenvalue weighted by Gasteiger charge is -2.41. The molecule has 2 aliphatic rings. The molecular formula is C20H19ClN4O3. The number of pyridine rings is 1. The van der Waals surface area contributed by atoms with E-state index in [1.807, 2.05) is 12.1 Å². The molecule has 0 bridgehead atoms. The van der Waals surface area contributed by atoms with Gasteiger partial charge in [0.1, 0.15) is 17.3 Å². The van der Waals surface area contributed by atoms with Crippen LogP contribution in [0.2, 0.25) is 5.02 Å². The summed E-state index contributed by atoms with van der Waals surface area (Å²) in [6, 6.07) is 7.20. The molecule has 1 saturated heterocycles. The second-order valence-corrected chi connectivity index (χ2v) is 7.62. The zero-order chi connectivity index (χ0) is 19.3. The summed E-state index contributed by atoms with van der Waals surface area (Å²) in [4.78, 5) is 20.3. The van der Waals surface area contributed by atoms with Gasteiger partial charge in [0.05, 0.1) is 23.0 Å². The number of hydrogen-bond donors (Lipinski definition) is 4. The topological polar surface area (TPSA) is 99.3 Å². The number of aromatic nitrogens is 2. The van der Waals surface area contributed by atoms with Gasteiger partial charge in [-0.2, -0.15) is 0 Å². The molecule has 2 aromatic heterocycles. The third kappa shape index (κ3) is 2.58. The highest BCUT2D eigenvalue weighted by atomic mass is 35.5. The van der Waals surface area contributed by atoms with Crippen molar-refractivity contribution < 1.29 is 14.6 Å². The minimum atomic E-state index is -0.930. The summed E-state index contributed by atoms with van der Waals surface area (Å²) in [6.07, 6.45) is 3.59. The smallest absolute Gasteiger partial charge is 0.250 e. The highest BCUT2D eigenvalue weighted by molar-refractivity contribution is 6.31. The summed E-state index contributed by atoms with van der Waals surface area (Å²) < 4.78 is 5.45. The molecule has 1 spiro atoms. The van der Waals surface area contributed by atoms with E-state index in [1.165, 1.54) is 0 Å². The first-order valence-corrected chi connectivity index (χ1v) is 9.57. The number of nitrogens with one attached hydrogen (secondary N) is 3. The van der Waals surface area contributed by atoms with Crippen LogP contribution in [0.25, 0.3) is 11.0 Å². The molecule has 5 rings (SSSR count). The van der Waals surface area contributed by atoms with Crippen molar-refractivity contribution in [3.05, 3.63) is 52.8 Å². The Hall–Kier alpha value is -2.61. The van der Waals surface area contributed by atoms with Gasteiger partial charge in [-0.25, -0.2) is 4.98 Å². The van der Waals surface area contributed by atoms with E-state index in [4.69, 9.17) is 16.3 Å². The number of aliphatic hydroxyl groups is 1. The number of anilines is 2. The predicted molar refractivity (Wildman–Crippen MR) is 107 cm³/mol. The Bertz CT molecular complexity index is 1070. The number of hydrogen-bond acceptors (Lipinski definition) is 5. The second kappa shape index (κ2) is 6.48. The summed E-state index contributed by atoms with van der Waals surface area (Å²) >= 11 is 6.29. The van der Waals surface area contributed by atoms with Gasteiger partial charge in [0, 0.05) is 48.4 Å². The molecule has 0 radical (unpaired) electrons. The van der Waals surface area contributed by atoms with Crippen LogP contribution in [0.1, 0.15) is 30.1 Å². The molecule has 1 amide bonds. The third-order valence-electron chi connectivity index (χ3n) is 5.62. The molecule has 1 unspecified atom stereocenters. The molecule has 1 fully saturated rings. The van der Waals surface area contributed by atoms with Gasteiger partial charge in [-0.15, -0.1) is 0 Å². The number of nitrogens with zero attached hydrogens (tertiary/aromatic N) is 1. The maximum atomic E-state index is 12.8. The van der Waals surface area contributed by atoms with E-state index in [2.05, 4.69) is 20.6 Å². The summed E-state index contributed by atoms with van der Waals surface area (Å²) in [5, 5.41) is 18.7. The predicted octanol–water partition coefficient (Wildman–Crippen LogP) is 3.21. The Kier molecular flexibility index (Phi) is 4.04. The van der Waals surface area contributed by atoms with E-state index < -0.39 is 11.6 Å². The molecule has 0 saturated carbocycles. The average Bonchev–Trinajstić information content (AvgIpc) is 3.14. The number of H-pyrrole nitrogens is 1. The second-order valence-electron chi connectivity index (χ2n) is 7.21. The summed E-state index contributed by atoms with van der Waals surface area (Å²) in [7, 11) is 0. The number of halogens is 1. The van der Waals surface area contributed by atoms with Crippen LogP contribution in [0.3, 0.4) is 0 Å². The molecule has 3 aromatic rings. The van der Waals surface area contributed by atoms with Crippen molar-refractivity contribution in [2.75, 3.05) is 23.8 Å². The number of carbonyl (C=O) groups is 1. The Morgan fingerprint density at radius 2 is 2.00 bits per heavy atom. The minimum absolute atomic E-state index is 0.0758. The molecular weight excluding hydrogens is 380 g/mol. The van der Waals surface area contributed by atoms with E-state index in [0.29, 0.717) is 53.5 Å². The van der Waals surface area contributed by atoms with Crippen molar-refractivity contribution in [3.63, 3.8) is 0 Å². The van der Waals surface area contributed by atoms with Crippen LogP contribution in [-0.4, -0.2) is 39.7 Å². The quantitative estimate of drug-likeness (QED) is 0.531. The van der Waals surface area contributed by atoms with E-state index >= 15 is 0 Å². The Labute approximate surface area is 166 Å². The van der Waals surface area contributed by atoms with Crippen LogP contribution in [0.15, 0.2) is 36.7 Å². The highest BCUT2D eigenvalue weighted by Crippen LogP contribution is 2.43. The first-order valence-electron chi connectivity index (χ1n) is 9.19. The molecule has 8 heteroatoms. The number of aliphatic hydroxyl groups excluding tert-OH is 1. The maximum Gasteiger partial charge on any atom is 0.250 e. The Morgan fingerprint density at radius 3 is 2.79 bits per heavy atom. The highest BCUT2D eigenvalue weighted by Gasteiger charge is 2.44. The van der Waals surface area contributed by atoms with Crippen molar-refractivity contribution in [2.45, 2.75) is 24.5 Å². The van der Waals surface area contributed by atoms with Crippen molar-refractivity contribution in [2.24, 2.45) is 0 Å². The monoisotopic (exact) mass is 398 g/mol. The van der Waals surface area contributed by atoms with Crippen LogP contribution in [-0.2, 0) is 9.53 Å². The van der Waals surface area contributed by atoms with Crippen LogP contribution >= 0.6 is 11.6 Å². The van der Waals surface area contributed by atoms with Crippen molar-refractivity contribution >= 4 is 39.9 Å². The summed E-state index contributed by atoms with van der Waals surface area (Å²) in [5.41, 5.74) is 2.53. The fourth-order valence-corrected chi connectivity index (χ4v) is 4.27. The van der Waals surface area contributed by atoms with Gasteiger partial charge in [-0.3, -0.25) is 4.79 Å². The van der Waals surface area contributed by atoms with Gasteiger partial charge in [0.2, 0.25) is 5.91 Å². The lowest BCUT2D eigenvalue weighted by molar-refractivity contribution is -0.123. The average molecular weight is 399 g/mol.